The third-order valence-corrected chi connectivity index (χ3v) is 10.4. The topological polar surface area (TPSA) is 234 Å². The number of esters is 2. The number of hydrogen-bond donors (Lipinski definition) is 5. The largest absolute Gasteiger partial charge is 0.480 e. The van der Waals surface area contributed by atoms with Crippen molar-refractivity contribution in [2.45, 2.75) is 206 Å². The number of carbonyl (C=O) groups excluding carboxylic acids is 6. The van der Waals surface area contributed by atoms with Gasteiger partial charge < -0.3 is 50.1 Å². The van der Waals surface area contributed by atoms with Crippen LogP contribution in [0.1, 0.15) is 182 Å². The molecule has 68 heavy (non-hydrogen) atoms. The minimum absolute atomic E-state index is 0.000642. The smallest absolute Gasteiger partial charge is 0.408 e. The fourth-order valence-corrected chi connectivity index (χ4v) is 6.89. The van der Waals surface area contributed by atoms with Crippen molar-refractivity contribution in [1.29, 1.82) is 0 Å². The third-order valence-electron chi connectivity index (χ3n) is 10.4. The van der Waals surface area contributed by atoms with Crippen molar-refractivity contribution in [3.8, 4) is 0 Å². The Labute approximate surface area is 406 Å². The molecule has 0 heterocycles. The Kier molecular flexibility index (Phi) is 33.5. The highest BCUT2D eigenvalue weighted by atomic mass is 16.6. The second-order valence-corrected chi connectivity index (χ2v) is 19.2. The van der Waals surface area contributed by atoms with E-state index in [4.69, 9.17) is 23.7 Å². The molecule has 17 nitrogen and oxygen atoms in total. The van der Waals surface area contributed by atoms with Gasteiger partial charge >= 0.3 is 24.0 Å². The number of amides is 4. The molecule has 0 fully saturated rings. The summed E-state index contributed by atoms with van der Waals surface area (Å²) in [5.74, 6) is -2.75. The first-order valence-corrected chi connectivity index (χ1v) is 25.0. The average molecular weight is 963 g/mol. The van der Waals surface area contributed by atoms with Crippen molar-refractivity contribution in [3.05, 3.63) is 35.9 Å². The molecule has 4 amide bonds. The number of aliphatic carboxylic acids is 1. The van der Waals surface area contributed by atoms with E-state index >= 15 is 0 Å². The Balaban J connectivity index is 2.12. The van der Waals surface area contributed by atoms with Gasteiger partial charge in [0.25, 0.3) is 0 Å². The molecule has 1 aromatic carbocycles. The van der Waals surface area contributed by atoms with E-state index in [0.717, 1.165) is 50.5 Å². The molecule has 5 N–H and O–H groups in total. The Morgan fingerprint density at radius 1 is 0.529 bits per heavy atom. The van der Waals surface area contributed by atoms with Gasteiger partial charge in [-0.1, -0.05) is 107 Å². The number of hydrogen-bond acceptors (Lipinski definition) is 12. The number of benzene rings is 1. The maximum atomic E-state index is 12.9. The van der Waals surface area contributed by atoms with Gasteiger partial charge in [-0.15, -0.1) is 0 Å². The minimum Gasteiger partial charge on any atom is -0.480 e. The molecule has 0 aliphatic rings. The van der Waals surface area contributed by atoms with Crippen LogP contribution < -0.4 is 21.3 Å². The van der Waals surface area contributed by atoms with E-state index in [1.54, 1.807) is 32.9 Å². The van der Waals surface area contributed by atoms with Crippen LogP contribution in [0.2, 0.25) is 0 Å². The highest BCUT2D eigenvalue weighted by Crippen LogP contribution is 2.16. The first kappa shape index (κ1) is 61.2. The standard InChI is InChI=1S/C51H86N4O13/c1-50(2,3)67-46(59)30-23-18-16-14-12-10-8-7-9-11-13-15-17-22-29-44(57)54-42(48(62)68-51(4,5)6)31-32-43(56)53-34-35-64-36-37-65-39-45(58)52-33-25-24-28-41(47(60)61)55-49(63)66-38-40-26-20-19-21-27-40/h19-21,26-27,41-42H,7-18,22-25,28-39H2,1-6H3,(H,52,58)(H,53,56)(H,54,57)(H,55,63)(H,60,61)/t41-,42-/m0/s1. The second-order valence-electron chi connectivity index (χ2n) is 19.2. The van der Waals surface area contributed by atoms with E-state index in [-0.39, 0.29) is 82.5 Å². The SMILES string of the molecule is CC(C)(C)OC(=O)CCCCCCCCCCCCCCCCC(=O)N[C@@H](CCC(=O)NCCOCCOCC(=O)NCCCC[C@H](NC(=O)OCc1ccccc1)C(=O)O)C(=O)OC(C)(C)C. The molecular formula is C51H86N4O13. The number of carboxylic acid groups (broad SMARTS) is 1. The number of ether oxygens (including phenoxy) is 5. The molecule has 1 rings (SSSR count). The van der Waals surface area contributed by atoms with Gasteiger partial charge in [0.05, 0.1) is 19.8 Å². The Morgan fingerprint density at radius 2 is 1.07 bits per heavy atom. The zero-order valence-electron chi connectivity index (χ0n) is 42.2. The summed E-state index contributed by atoms with van der Waals surface area (Å²) in [6.07, 6.45) is 16.7. The fraction of sp³-hybridized carbons (Fsp3) is 0.745. The molecule has 0 aliphatic heterocycles. The Morgan fingerprint density at radius 3 is 1.65 bits per heavy atom. The maximum absolute atomic E-state index is 12.9. The number of rotatable bonds is 39. The molecule has 388 valence electrons. The number of carbonyl (C=O) groups is 7. The fourth-order valence-electron chi connectivity index (χ4n) is 6.89. The summed E-state index contributed by atoms with van der Waals surface area (Å²) in [7, 11) is 0. The monoisotopic (exact) mass is 963 g/mol. The first-order valence-electron chi connectivity index (χ1n) is 25.0. The van der Waals surface area contributed by atoms with Crippen LogP contribution in [0.3, 0.4) is 0 Å². The van der Waals surface area contributed by atoms with Crippen molar-refractivity contribution >= 4 is 41.7 Å². The summed E-state index contributed by atoms with van der Waals surface area (Å²) >= 11 is 0. The van der Waals surface area contributed by atoms with Crippen LogP contribution >= 0.6 is 0 Å². The van der Waals surface area contributed by atoms with E-state index in [2.05, 4.69) is 21.3 Å². The highest BCUT2D eigenvalue weighted by molar-refractivity contribution is 5.85. The van der Waals surface area contributed by atoms with Crippen LogP contribution in [0.15, 0.2) is 30.3 Å². The van der Waals surface area contributed by atoms with Crippen LogP contribution in [-0.2, 0) is 59.1 Å². The average Bonchev–Trinajstić information content (AvgIpc) is 3.26. The van der Waals surface area contributed by atoms with Gasteiger partial charge in [-0.05, 0) is 85.6 Å². The molecule has 0 spiro atoms. The first-order chi connectivity index (χ1) is 32.3. The molecular weight excluding hydrogens is 877 g/mol. The molecule has 0 saturated heterocycles. The second kappa shape index (κ2) is 37.2. The van der Waals surface area contributed by atoms with E-state index < -0.39 is 41.3 Å². The van der Waals surface area contributed by atoms with Crippen LogP contribution in [0.25, 0.3) is 0 Å². The number of alkyl carbamates (subject to hydrolysis) is 1. The van der Waals surface area contributed by atoms with E-state index in [9.17, 15) is 38.7 Å². The lowest BCUT2D eigenvalue weighted by molar-refractivity contribution is -0.159. The van der Waals surface area contributed by atoms with Gasteiger partial charge in [0.2, 0.25) is 17.7 Å². The normalized spacial score (nSPS) is 12.3. The van der Waals surface area contributed by atoms with Crippen molar-refractivity contribution in [2.75, 3.05) is 39.5 Å². The van der Waals surface area contributed by atoms with Crippen molar-refractivity contribution in [2.24, 2.45) is 0 Å². The van der Waals surface area contributed by atoms with E-state index in [0.29, 0.717) is 32.2 Å². The van der Waals surface area contributed by atoms with Gasteiger partial charge in [-0.2, -0.15) is 0 Å². The van der Waals surface area contributed by atoms with Gasteiger partial charge in [-0.25, -0.2) is 14.4 Å². The summed E-state index contributed by atoms with van der Waals surface area (Å²) < 4.78 is 26.8. The molecule has 0 unspecified atom stereocenters. The van der Waals surface area contributed by atoms with Crippen LogP contribution in [0, 0.1) is 0 Å². The predicted molar refractivity (Wildman–Crippen MR) is 259 cm³/mol. The zero-order valence-corrected chi connectivity index (χ0v) is 42.2. The molecule has 0 aliphatic carbocycles. The van der Waals surface area contributed by atoms with Crippen molar-refractivity contribution in [3.63, 3.8) is 0 Å². The van der Waals surface area contributed by atoms with Gasteiger partial charge in [0.1, 0.15) is 36.5 Å². The van der Waals surface area contributed by atoms with Crippen LogP contribution in [0.4, 0.5) is 4.79 Å². The lowest BCUT2D eigenvalue weighted by Crippen LogP contribution is -2.44. The third kappa shape index (κ3) is 37.2. The predicted octanol–water partition coefficient (Wildman–Crippen LogP) is 7.99. The number of nitrogens with one attached hydrogen (secondary N) is 4. The van der Waals surface area contributed by atoms with Crippen molar-refractivity contribution in [1.82, 2.24) is 21.3 Å². The summed E-state index contributed by atoms with van der Waals surface area (Å²) in [5.41, 5.74) is -0.386. The quantitative estimate of drug-likeness (QED) is 0.0239. The van der Waals surface area contributed by atoms with E-state index in [1.807, 2.05) is 39.0 Å². The summed E-state index contributed by atoms with van der Waals surface area (Å²) in [6, 6.07) is 6.96. The Bertz CT molecular complexity index is 1580. The summed E-state index contributed by atoms with van der Waals surface area (Å²) in [5, 5.41) is 20.0. The molecule has 0 saturated carbocycles. The Hall–Kier alpha value is -4.77. The highest BCUT2D eigenvalue weighted by Gasteiger charge is 2.27. The minimum atomic E-state index is -1.18. The number of unbranched alkanes of at least 4 members (excludes halogenated alkanes) is 14. The lowest BCUT2D eigenvalue weighted by atomic mass is 10.0. The molecule has 0 bridgehead atoms. The van der Waals surface area contributed by atoms with Crippen molar-refractivity contribution < 1.29 is 62.4 Å². The molecule has 0 radical (unpaired) electrons. The van der Waals surface area contributed by atoms with Gasteiger partial charge in [0.15, 0.2) is 0 Å². The summed E-state index contributed by atoms with van der Waals surface area (Å²) in [4.78, 5) is 85.8. The van der Waals surface area contributed by atoms with E-state index in [1.165, 1.54) is 44.9 Å². The maximum Gasteiger partial charge on any atom is 0.408 e. The number of carboxylic acids is 1. The zero-order chi connectivity index (χ0) is 50.5. The molecule has 17 heteroatoms. The molecule has 1 aromatic rings. The molecule has 2 atom stereocenters. The van der Waals surface area contributed by atoms with Gasteiger partial charge in [-0.3, -0.25) is 19.2 Å². The molecule has 0 aromatic heterocycles. The summed E-state index contributed by atoms with van der Waals surface area (Å²) in [6.45, 7) is 11.8. The lowest BCUT2D eigenvalue weighted by Gasteiger charge is -2.24. The van der Waals surface area contributed by atoms with Crippen LogP contribution in [-0.4, -0.2) is 110 Å². The van der Waals surface area contributed by atoms with Crippen LogP contribution in [0.5, 0.6) is 0 Å². The van der Waals surface area contributed by atoms with Gasteiger partial charge in [0, 0.05) is 32.4 Å².